The van der Waals surface area contributed by atoms with Crippen LogP contribution >= 0.6 is 0 Å². The van der Waals surface area contributed by atoms with Crippen molar-refractivity contribution in [2.45, 2.75) is 64.0 Å². The lowest BCUT2D eigenvalue weighted by Gasteiger charge is -2.36. The number of aryl methyl sites for hydroxylation is 1. The maximum Gasteiger partial charge on any atom is 0.162 e. The maximum atomic E-state index is 10.00. The van der Waals surface area contributed by atoms with Crippen LogP contribution in [0.4, 0.5) is 5.69 Å². The van der Waals surface area contributed by atoms with E-state index in [1.807, 2.05) is 6.07 Å². The second-order valence-electron chi connectivity index (χ2n) is 11.9. The first kappa shape index (κ1) is 31.0. The number of hydrogen-bond donors (Lipinski definition) is 1. The van der Waals surface area contributed by atoms with E-state index in [9.17, 15) is 5.11 Å². The molecule has 1 saturated heterocycles. The van der Waals surface area contributed by atoms with Crippen LogP contribution in [0.15, 0.2) is 54.6 Å². The van der Waals surface area contributed by atoms with Crippen molar-refractivity contribution in [3.63, 3.8) is 0 Å². The number of anilines is 1. The van der Waals surface area contributed by atoms with Gasteiger partial charge in [0.25, 0.3) is 0 Å². The Morgan fingerprint density at radius 2 is 1.65 bits per heavy atom. The van der Waals surface area contributed by atoms with Crippen LogP contribution in [-0.4, -0.2) is 70.2 Å². The average Bonchev–Trinajstić information content (AvgIpc) is 3.05. The Bertz CT molecular complexity index is 1340. The summed E-state index contributed by atoms with van der Waals surface area (Å²) in [6.45, 7) is 8.61. The Morgan fingerprint density at radius 3 is 2.35 bits per heavy atom. The van der Waals surface area contributed by atoms with Gasteiger partial charge >= 0.3 is 0 Å². The van der Waals surface area contributed by atoms with Crippen molar-refractivity contribution in [1.82, 2.24) is 4.90 Å². The monoisotopic (exact) mass is 588 g/mol. The van der Waals surface area contributed by atoms with E-state index in [0.29, 0.717) is 24.3 Å². The summed E-state index contributed by atoms with van der Waals surface area (Å²) in [5, 5.41) is 10.00. The summed E-state index contributed by atoms with van der Waals surface area (Å²) in [6, 6.07) is 19.4. The van der Waals surface area contributed by atoms with Gasteiger partial charge in [0, 0.05) is 44.1 Å². The van der Waals surface area contributed by atoms with Crippen molar-refractivity contribution >= 4 is 5.69 Å². The van der Waals surface area contributed by atoms with Gasteiger partial charge < -0.3 is 29.0 Å². The standard InChI is InChI=1S/C36H48N2O5/c1-6-38(25(2)26-10-13-32(14-11-26)43-20-17-37(3)30-15-18-42-19-16-30)34-24-36(41-5)35(40-4)23-33(34)29-8-7-28-22-31(39)12-9-27(28)21-29/h9-14,22-25,29-30,39H,6-8,15-21H2,1-5H3/t25?,29-/m1/s1. The summed E-state index contributed by atoms with van der Waals surface area (Å²) in [4.78, 5) is 4.86. The van der Waals surface area contributed by atoms with Crippen molar-refractivity contribution in [1.29, 1.82) is 0 Å². The quantitative estimate of drug-likeness (QED) is 0.251. The number of aromatic hydroxyl groups is 1. The summed E-state index contributed by atoms with van der Waals surface area (Å²) in [7, 11) is 5.58. The Labute approximate surface area is 257 Å². The van der Waals surface area contributed by atoms with E-state index < -0.39 is 0 Å². The Balaban J connectivity index is 1.33. The molecule has 1 fully saturated rings. The lowest BCUT2D eigenvalue weighted by Crippen LogP contribution is -2.38. The van der Waals surface area contributed by atoms with Crippen molar-refractivity contribution in [3.05, 3.63) is 76.9 Å². The van der Waals surface area contributed by atoms with E-state index in [1.54, 1.807) is 20.3 Å². The first-order chi connectivity index (χ1) is 20.9. The highest BCUT2D eigenvalue weighted by Crippen LogP contribution is 2.45. The van der Waals surface area contributed by atoms with Gasteiger partial charge in [0.1, 0.15) is 18.1 Å². The number of ether oxygens (including phenoxy) is 4. The van der Waals surface area contributed by atoms with E-state index >= 15 is 0 Å². The normalized spacial score (nSPS) is 17.8. The highest BCUT2D eigenvalue weighted by atomic mass is 16.5. The average molecular weight is 589 g/mol. The van der Waals surface area contributed by atoms with Crippen molar-refractivity contribution < 1.29 is 24.1 Å². The van der Waals surface area contributed by atoms with Crippen molar-refractivity contribution in [2.24, 2.45) is 0 Å². The van der Waals surface area contributed by atoms with Gasteiger partial charge in [-0.25, -0.2) is 0 Å². The van der Waals surface area contributed by atoms with Gasteiger partial charge in [0.2, 0.25) is 0 Å². The molecule has 0 saturated carbocycles. The fourth-order valence-electron chi connectivity index (χ4n) is 6.76. The molecular formula is C36H48N2O5. The Hall–Kier alpha value is -3.42. The first-order valence-corrected chi connectivity index (χ1v) is 15.8. The number of likely N-dealkylation sites (N-methyl/N-ethyl adjacent to an activating group) is 1. The third-order valence-corrected chi connectivity index (χ3v) is 9.40. The summed E-state index contributed by atoms with van der Waals surface area (Å²) in [6.07, 6.45) is 5.07. The molecule has 3 aromatic carbocycles. The second-order valence-corrected chi connectivity index (χ2v) is 11.9. The highest BCUT2D eigenvalue weighted by molar-refractivity contribution is 5.65. The van der Waals surface area contributed by atoms with E-state index in [-0.39, 0.29) is 6.04 Å². The van der Waals surface area contributed by atoms with Gasteiger partial charge in [-0.2, -0.15) is 0 Å². The molecule has 1 N–H and O–H groups in total. The summed E-state index contributed by atoms with van der Waals surface area (Å²) in [5.41, 5.74) is 6.24. The minimum Gasteiger partial charge on any atom is -0.508 e. The van der Waals surface area contributed by atoms with Gasteiger partial charge in [-0.15, -0.1) is 0 Å². The number of fused-ring (bicyclic) bond motifs is 1. The number of methoxy groups -OCH3 is 2. The molecule has 5 rings (SSSR count). The summed E-state index contributed by atoms with van der Waals surface area (Å²) in [5.74, 6) is 3.07. The Morgan fingerprint density at radius 1 is 0.930 bits per heavy atom. The molecule has 1 heterocycles. The molecule has 0 spiro atoms. The molecule has 2 atom stereocenters. The van der Waals surface area contributed by atoms with E-state index in [1.165, 1.54) is 27.9 Å². The molecule has 1 aliphatic carbocycles. The SMILES string of the molecule is CCN(c1cc(OC)c(OC)cc1[C@@H]1CCc2cc(O)ccc2C1)C(C)c1ccc(OCCN(C)C2CCOCC2)cc1. The molecule has 0 radical (unpaired) electrons. The number of benzene rings is 3. The molecule has 0 amide bonds. The summed E-state index contributed by atoms with van der Waals surface area (Å²) >= 11 is 0. The van der Waals surface area contributed by atoms with Gasteiger partial charge in [0.15, 0.2) is 11.5 Å². The smallest absolute Gasteiger partial charge is 0.162 e. The lowest BCUT2D eigenvalue weighted by molar-refractivity contribution is 0.0392. The van der Waals surface area contributed by atoms with Crippen LogP contribution in [0, 0.1) is 0 Å². The number of rotatable bonds is 12. The van der Waals surface area contributed by atoms with Crippen LogP contribution in [0.3, 0.4) is 0 Å². The molecule has 1 aliphatic heterocycles. The third-order valence-electron chi connectivity index (χ3n) is 9.40. The molecule has 1 unspecified atom stereocenters. The predicted molar refractivity (Wildman–Crippen MR) is 172 cm³/mol. The van der Waals surface area contributed by atoms with Crippen molar-refractivity contribution in [2.75, 3.05) is 59.1 Å². The van der Waals surface area contributed by atoms with Gasteiger partial charge in [-0.1, -0.05) is 18.2 Å². The number of hydrogen-bond acceptors (Lipinski definition) is 7. The second kappa shape index (κ2) is 14.4. The number of phenols is 1. The van der Waals surface area contributed by atoms with Gasteiger partial charge in [-0.05, 0) is 112 Å². The number of phenolic OH excluding ortho intramolecular Hbond substituents is 1. The molecule has 0 aromatic heterocycles. The fourth-order valence-corrected chi connectivity index (χ4v) is 6.76. The highest BCUT2D eigenvalue weighted by Gasteiger charge is 2.28. The molecule has 232 valence electrons. The van der Waals surface area contributed by atoms with Gasteiger partial charge in [0.05, 0.1) is 20.3 Å². The molecule has 43 heavy (non-hydrogen) atoms. The van der Waals surface area contributed by atoms with Crippen LogP contribution in [-0.2, 0) is 17.6 Å². The molecule has 2 aliphatic rings. The number of nitrogens with zero attached hydrogens (tertiary/aromatic N) is 2. The first-order valence-electron chi connectivity index (χ1n) is 15.8. The van der Waals surface area contributed by atoms with Crippen molar-refractivity contribution in [3.8, 4) is 23.0 Å². The minimum atomic E-state index is 0.142. The molecule has 7 nitrogen and oxygen atoms in total. The van der Waals surface area contributed by atoms with E-state index in [4.69, 9.17) is 18.9 Å². The van der Waals surface area contributed by atoms with Crippen LogP contribution in [0.2, 0.25) is 0 Å². The zero-order valence-corrected chi connectivity index (χ0v) is 26.5. The molecule has 0 bridgehead atoms. The van der Waals surface area contributed by atoms with Gasteiger partial charge in [-0.3, -0.25) is 4.90 Å². The zero-order chi connectivity index (χ0) is 30.3. The largest absolute Gasteiger partial charge is 0.508 e. The minimum absolute atomic E-state index is 0.142. The topological polar surface area (TPSA) is 63.6 Å². The maximum absolute atomic E-state index is 10.00. The van der Waals surface area contributed by atoms with E-state index in [0.717, 1.165) is 75.7 Å². The van der Waals surface area contributed by atoms with Crippen LogP contribution in [0.1, 0.15) is 67.3 Å². The molecule has 3 aromatic rings. The Kier molecular flexibility index (Phi) is 10.4. The molecular weight excluding hydrogens is 540 g/mol. The fraction of sp³-hybridized carbons (Fsp3) is 0.500. The third kappa shape index (κ3) is 7.22. The van der Waals surface area contributed by atoms with Crippen LogP contribution in [0.25, 0.3) is 0 Å². The lowest BCUT2D eigenvalue weighted by atomic mass is 9.79. The van der Waals surface area contributed by atoms with E-state index in [2.05, 4.69) is 73.2 Å². The predicted octanol–water partition coefficient (Wildman–Crippen LogP) is 6.76. The van der Waals surface area contributed by atoms with Crippen LogP contribution in [0.5, 0.6) is 23.0 Å². The molecule has 7 heteroatoms. The summed E-state index contributed by atoms with van der Waals surface area (Å²) < 4.78 is 23.2. The van der Waals surface area contributed by atoms with Crippen LogP contribution < -0.4 is 19.1 Å². The zero-order valence-electron chi connectivity index (χ0n) is 26.5.